The molecule has 118 valence electrons. The average molecular weight is 295 g/mol. The predicted molar refractivity (Wildman–Crippen MR) is 75.8 cm³/mol. The highest BCUT2D eigenvalue weighted by Crippen LogP contribution is 2.49. The molecule has 5 nitrogen and oxygen atoms in total. The van der Waals surface area contributed by atoms with Crippen molar-refractivity contribution in [3.8, 4) is 0 Å². The first-order valence-corrected chi connectivity index (χ1v) is 8.44. The first-order valence-electron chi connectivity index (χ1n) is 8.44. The lowest BCUT2D eigenvalue weighted by molar-refractivity contribution is -0.180. The van der Waals surface area contributed by atoms with Gasteiger partial charge in [0.15, 0.2) is 5.79 Å². The largest absolute Gasteiger partial charge is 0.481 e. The van der Waals surface area contributed by atoms with Crippen LogP contribution in [0.2, 0.25) is 0 Å². The van der Waals surface area contributed by atoms with Crippen LogP contribution >= 0.6 is 0 Å². The predicted octanol–water partition coefficient (Wildman–Crippen LogP) is 1.76. The van der Waals surface area contributed by atoms with E-state index in [0.717, 1.165) is 38.5 Å². The third-order valence-corrected chi connectivity index (χ3v) is 6.19. The second-order valence-electron chi connectivity index (χ2n) is 7.27. The van der Waals surface area contributed by atoms with Gasteiger partial charge in [0.25, 0.3) is 0 Å². The molecule has 1 spiro atoms. The summed E-state index contributed by atoms with van der Waals surface area (Å²) >= 11 is 0. The van der Waals surface area contributed by atoms with Gasteiger partial charge in [0.05, 0.1) is 19.1 Å². The molecule has 4 atom stereocenters. The second kappa shape index (κ2) is 5.21. The molecule has 1 saturated heterocycles. The maximum Gasteiger partial charge on any atom is 0.308 e. The number of aliphatic carboxylic acids is 1. The van der Waals surface area contributed by atoms with Crippen molar-refractivity contribution in [2.45, 2.75) is 62.8 Å². The minimum absolute atomic E-state index is 0.168. The minimum Gasteiger partial charge on any atom is -0.481 e. The van der Waals surface area contributed by atoms with Crippen molar-refractivity contribution in [2.75, 3.05) is 13.2 Å². The summed E-state index contributed by atoms with van der Waals surface area (Å²) in [6.45, 7) is 1.43. The van der Waals surface area contributed by atoms with Crippen LogP contribution in [0.15, 0.2) is 0 Å². The Morgan fingerprint density at radius 1 is 1.05 bits per heavy atom. The van der Waals surface area contributed by atoms with Crippen LogP contribution in [0.25, 0.3) is 0 Å². The van der Waals surface area contributed by atoms with Crippen molar-refractivity contribution < 1.29 is 19.4 Å². The van der Waals surface area contributed by atoms with Gasteiger partial charge >= 0.3 is 5.97 Å². The van der Waals surface area contributed by atoms with Gasteiger partial charge < -0.3 is 19.9 Å². The van der Waals surface area contributed by atoms with Gasteiger partial charge in [-0.05, 0) is 43.9 Å². The molecule has 0 radical (unpaired) electrons. The lowest BCUT2D eigenvalue weighted by Crippen LogP contribution is -2.51. The molecule has 4 fully saturated rings. The van der Waals surface area contributed by atoms with E-state index in [0.29, 0.717) is 31.1 Å². The lowest BCUT2D eigenvalue weighted by Gasteiger charge is -2.39. The van der Waals surface area contributed by atoms with Crippen LogP contribution < -0.4 is 5.32 Å². The Kier molecular flexibility index (Phi) is 3.47. The normalized spacial score (nSPS) is 41.9. The van der Waals surface area contributed by atoms with E-state index >= 15 is 0 Å². The highest BCUT2D eigenvalue weighted by Gasteiger charge is 2.52. The van der Waals surface area contributed by atoms with E-state index in [4.69, 9.17) is 9.47 Å². The molecule has 2 N–H and O–H groups in total. The molecule has 0 aromatic rings. The number of hydrogen-bond donors (Lipinski definition) is 2. The second-order valence-corrected chi connectivity index (χ2v) is 7.27. The third-order valence-electron chi connectivity index (χ3n) is 6.19. The van der Waals surface area contributed by atoms with Crippen molar-refractivity contribution in [2.24, 2.45) is 17.8 Å². The molecule has 3 saturated carbocycles. The smallest absolute Gasteiger partial charge is 0.308 e. The molecule has 2 bridgehead atoms. The minimum atomic E-state index is -0.602. The molecule has 0 amide bonds. The summed E-state index contributed by atoms with van der Waals surface area (Å²) in [6.07, 6.45) is 7.34. The monoisotopic (exact) mass is 295 g/mol. The number of hydrogen-bond acceptors (Lipinski definition) is 4. The number of fused-ring (bicyclic) bond motifs is 2. The highest BCUT2D eigenvalue weighted by atomic mass is 16.7. The molecule has 1 heterocycles. The Morgan fingerprint density at radius 2 is 1.71 bits per heavy atom. The van der Waals surface area contributed by atoms with Crippen LogP contribution in [0, 0.1) is 17.8 Å². The molecule has 4 unspecified atom stereocenters. The van der Waals surface area contributed by atoms with Gasteiger partial charge in [-0.2, -0.15) is 0 Å². The van der Waals surface area contributed by atoms with E-state index in [-0.39, 0.29) is 17.7 Å². The number of rotatable bonds is 3. The van der Waals surface area contributed by atoms with Gasteiger partial charge in [-0.3, -0.25) is 4.79 Å². The van der Waals surface area contributed by atoms with Crippen molar-refractivity contribution in [3.05, 3.63) is 0 Å². The summed E-state index contributed by atoms with van der Waals surface area (Å²) in [7, 11) is 0. The summed E-state index contributed by atoms with van der Waals surface area (Å²) in [5.74, 6) is -0.112. The Morgan fingerprint density at radius 3 is 2.38 bits per heavy atom. The van der Waals surface area contributed by atoms with Crippen LogP contribution in [0.5, 0.6) is 0 Å². The van der Waals surface area contributed by atoms with Crippen molar-refractivity contribution in [1.29, 1.82) is 0 Å². The number of nitrogens with one attached hydrogen (secondary N) is 1. The Labute approximate surface area is 125 Å². The van der Waals surface area contributed by atoms with Gasteiger partial charge in [0.2, 0.25) is 0 Å². The number of carboxylic acids is 1. The van der Waals surface area contributed by atoms with Crippen molar-refractivity contribution in [3.63, 3.8) is 0 Å². The lowest BCUT2D eigenvalue weighted by atomic mass is 9.82. The molecule has 21 heavy (non-hydrogen) atoms. The Bertz CT molecular complexity index is 411. The molecule has 5 heteroatoms. The average Bonchev–Trinajstić information content (AvgIpc) is 3.17. The molecular weight excluding hydrogens is 270 g/mol. The molecule has 0 aromatic carbocycles. The van der Waals surface area contributed by atoms with E-state index in [1.165, 1.54) is 6.42 Å². The number of carbonyl (C=O) groups is 1. The van der Waals surface area contributed by atoms with Gasteiger partial charge in [-0.15, -0.1) is 0 Å². The molecule has 4 aliphatic rings. The van der Waals surface area contributed by atoms with Crippen LogP contribution in [-0.2, 0) is 14.3 Å². The van der Waals surface area contributed by atoms with Crippen LogP contribution in [-0.4, -0.2) is 42.2 Å². The van der Waals surface area contributed by atoms with Gasteiger partial charge in [-0.1, -0.05) is 0 Å². The van der Waals surface area contributed by atoms with E-state index in [9.17, 15) is 9.90 Å². The standard InChI is InChI=1S/C16H25NO4/c18-15(19)13-10-1-2-11(9-10)14(13)17-12-3-5-16(6-4-12)20-7-8-21-16/h10-14,17H,1-9H2,(H,18,19). The fourth-order valence-electron chi connectivity index (χ4n) is 5.17. The maximum absolute atomic E-state index is 11.6. The van der Waals surface area contributed by atoms with E-state index in [1.807, 2.05) is 0 Å². The van der Waals surface area contributed by atoms with Crippen molar-refractivity contribution >= 4 is 5.97 Å². The molecular formula is C16H25NO4. The van der Waals surface area contributed by atoms with Gasteiger partial charge in [-0.25, -0.2) is 0 Å². The zero-order valence-corrected chi connectivity index (χ0v) is 12.4. The summed E-state index contributed by atoms with van der Waals surface area (Å²) in [5, 5.41) is 13.2. The van der Waals surface area contributed by atoms with Gasteiger partial charge in [0.1, 0.15) is 0 Å². The zero-order valence-electron chi connectivity index (χ0n) is 12.4. The highest BCUT2D eigenvalue weighted by molar-refractivity contribution is 5.72. The third kappa shape index (κ3) is 2.39. The summed E-state index contributed by atoms with van der Waals surface area (Å²) in [4.78, 5) is 11.6. The van der Waals surface area contributed by atoms with Gasteiger partial charge in [0, 0.05) is 24.9 Å². The Hall–Kier alpha value is -0.650. The summed E-state index contributed by atoms with van der Waals surface area (Å²) in [5.41, 5.74) is 0. The van der Waals surface area contributed by atoms with Crippen LogP contribution in [0.4, 0.5) is 0 Å². The zero-order chi connectivity index (χ0) is 14.4. The number of carboxylic acid groups (broad SMARTS) is 1. The SMILES string of the molecule is O=C(O)C1C2CCC(C2)C1NC1CCC2(CC1)OCCO2. The molecule has 3 aliphatic carbocycles. The van der Waals surface area contributed by atoms with E-state index < -0.39 is 5.97 Å². The van der Waals surface area contributed by atoms with E-state index in [2.05, 4.69) is 5.32 Å². The summed E-state index contributed by atoms with van der Waals surface area (Å²) < 4.78 is 11.5. The Balaban J connectivity index is 1.37. The van der Waals surface area contributed by atoms with Crippen LogP contribution in [0.1, 0.15) is 44.9 Å². The topological polar surface area (TPSA) is 67.8 Å². The first-order chi connectivity index (χ1) is 10.2. The molecule has 1 aliphatic heterocycles. The fraction of sp³-hybridized carbons (Fsp3) is 0.938. The quantitative estimate of drug-likeness (QED) is 0.830. The van der Waals surface area contributed by atoms with E-state index in [1.54, 1.807) is 0 Å². The molecule has 4 rings (SSSR count). The fourth-order valence-corrected chi connectivity index (χ4v) is 5.17. The van der Waals surface area contributed by atoms with Crippen LogP contribution in [0.3, 0.4) is 0 Å². The van der Waals surface area contributed by atoms with Crippen molar-refractivity contribution in [1.82, 2.24) is 5.32 Å². The summed E-state index contributed by atoms with van der Waals surface area (Å²) in [6, 6.07) is 0.611. The number of ether oxygens (including phenoxy) is 2. The maximum atomic E-state index is 11.6. The molecule has 0 aromatic heterocycles. The first kappa shape index (κ1) is 14.0.